The third-order valence-electron chi connectivity index (χ3n) is 2.98. The van der Waals surface area contributed by atoms with Crippen LogP contribution in [0.3, 0.4) is 0 Å². The third-order valence-corrected chi connectivity index (χ3v) is 2.98. The Morgan fingerprint density at radius 2 is 0.862 bits per heavy atom. The largest absolute Gasteiger partial charge is 2.00 e. The Balaban J connectivity index is 0.000000523. The molecule has 0 aliphatic carbocycles. The van der Waals surface area contributed by atoms with E-state index >= 15 is 0 Å². The minimum absolute atomic E-state index is 0. The Labute approximate surface area is 179 Å². The smallest absolute Gasteiger partial charge is 0.866 e. The number of nitro groups is 4. The number of nitro benzene ring substituents is 4. The summed E-state index contributed by atoms with van der Waals surface area (Å²) in [5, 5.41) is 63.1. The van der Waals surface area contributed by atoms with Gasteiger partial charge in [0.25, 0.3) is 22.7 Å². The second-order valence-corrected chi connectivity index (χ2v) is 4.79. The molecule has 0 aromatic heterocycles. The molecule has 4 N–H and O–H groups in total. The monoisotopic (exact) mass is 604 g/mol. The van der Waals surface area contributed by atoms with E-state index in [2.05, 4.69) is 0 Å². The maximum atomic E-state index is 11.0. The van der Waals surface area contributed by atoms with Crippen LogP contribution in [0.15, 0.2) is 24.3 Å². The molecule has 0 spiro atoms. The van der Waals surface area contributed by atoms with Gasteiger partial charge in [0.05, 0.1) is 31.8 Å². The molecule has 0 aliphatic rings. The number of hydrogen-bond acceptors (Lipinski definition) is 12. The first-order valence-electron chi connectivity index (χ1n) is 6.65. The normalized spacial score (nSPS) is 9.38. The Hall–Kier alpha value is -3.84. The summed E-state index contributed by atoms with van der Waals surface area (Å²) in [7, 11) is 0. The second-order valence-electron chi connectivity index (χ2n) is 4.79. The van der Waals surface area contributed by atoms with Crippen LogP contribution in [0.1, 0.15) is 0 Å². The molecule has 16 nitrogen and oxygen atoms in total. The molecule has 0 aliphatic heterocycles. The molecule has 2 radical (unpaired) electrons. The van der Waals surface area contributed by atoms with Gasteiger partial charge in [-0.25, -0.2) is 0 Å². The van der Waals surface area contributed by atoms with E-state index in [0.717, 1.165) is 12.1 Å². The van der Waals surface area contributed by atoms with Crippen LogP contribution < -0.4 is 21.7 Å². The zero-order valence-corrected chi connectivity index (χ0v) is 17.7. The van der Waals surface area contributed by atoms with Crippen LogP contribution in [0.2, 0.25) is 0 Å². The Bertz CT molecular complexity index is 918. The van der Waals surface area contributed by atoms with Crippen LogP contribution in [0.5, 0.6) is 11.5 Å². The summed E-state index contributed by atoms with van der Waals surface area (Å²) < 4.78 is 0. The van der Waals surface area contributed by atoms with Crippen LogP contribution in [0, 0.1) is 40.5 Å². The van der Waals surface area contributed by atoms with Crippen molar-refractivity contribution < 1.29 is 29.9 Å². The number of non-ortho nitro benzene ring substituents is 2. The fourth-order valence-corrected chi connectivity index (χ4v) is 1.72. The number of nitrogens with two attached hydrogens (primary N) is 2. The topological polar surface area (TPSA) is 271 Å². The number of nitrogen functional groups attached to an aromatic ring is 2. The summed E-state index contributed by atoms with van der Waals surface area (Å²) in [5.41, 5.74) is 6.20. The zero-order chi connectivity index (χ0) is 21.8. The zero-order valence-electron chi connectivity index (χ0n) is 13.8. The van der Waals surface area contributed by atoms with Crippen molar-refractivity contribution in [1.82, 2.24) is 0 Å². The van der Waals surface area contributed by atoms with Crippen molar-refractivity contribution >= 4 is 61.4 Å². The van der Waals surface area contributed by atoms with Gasteiger partial charge in [-0.05, 0) is 11.5 Å². The molecule has 0 unspecified atom stereocenters. The molecule has 0 fully saturated rings. The Morgan fingerprint density at radius 3 is 1.07 bits per heavy atom. The molecule has 17 heteroatoms. The van der Waals surface area contributed by atoms with Crippen molar-refractivity contribution in [2.24, 2.45) is 0 Å². The van der Waals surface area contributed by atoms with Crippen LogP contribution in [-0.4, -0.2) is 47.0 Å². The van der Waals surface area contributed by atoms with Crippen LogP contribution >= 0.6 is 0 Å². The maximum Gasteiger partial charge on any atom is 2.00 e. The molecule has 2 aromatic carbocycles. The van der Waals surface area contributed by atoms with Gasteiger partial charge in [0.15, 0.2) is 0 Å². The molecule has 0 saturated carbocycles. The van der Waals surface area contributed by atoms with Gasteiger partial charge in [0, 0.05) is 23.5 Å². The molecule has 0 atom stereocenters. The second kappa shape index (κ2) is 9.91. The average molecular weight is 603 g/mol. The van der Waals surface area contributed by atoms with Crippen molar-refractivity contribution in [3.8, 4) is 11.5 Å². The molecule has 2 rings (SSSR count). The van der Waals surface area contributed by atoms with Gasteiger partial charge in [-0.2, -0.15) is 0 Å². The van der Waals surface area contributed by atoms with E-state index in [1.165, 1.54) is 0 Å². The first-order chi connectivity index (χ1) is 12.9. The van der Waals surface area contributed by atoms with Gasteiger partial charge in [0.2, 0.25) is 0 Å². The van der Waals surface area contributed by atoms with Crippen LogP contribution in [0.4, 0.5) is 34.1 Å². The van der Waals surface area contributed by atoms with Crippen molar-refractivity contribution in [3.63, 3.8) is 0 Å². The number of rotatable bonds is 4. The fourth-order valence-electron chi connectivity index (χ4n) is 1.72. The molecular formula is C12H8N6O10Pb. The first kappa shape index (κ1) is 25.2. The predicted octanol–water partition coefficient (Wildman–Crippen LogP) is -0.0632. The minimum atomic E-state index is -1.01. The Morgan fingerprint density at radius 1 is 0.586 bits per heavy atom. The summed E-state index contributed by atoms with van der Waals surface area (Å²) >= 11 is 0. The third kappa shape index (κ3) is 6.08. The van der Waals surface area contributed by atoms with Gasteiger partial charge in [0.1, 0.15) is 0 Å². The van der Waals surface area contributed by atoms with E-state index < -0.39 is 65.3 Å². The molecule has 150 valence electrons. The van der Waals surface area contributed by atoms with Crippen molar-refractivity contribution in [3.05, 3.63) is 64.7 Å². The van der Waals surface area contributed by atoms with Gasteiger partial charge in [-0.1, -0.05) is 0 Å². The van der Waals surface area contributed by atoms with E-state index in [-0.39, 0.29) is 27.3 Å². The summed E-state index contributed by atoms with van der Waals surface area (Å²) in [6.45, 7) is 0. The Kier molecular flexibility index (Phi) is 8.60. The van der Waals surface area contributed by atoms with Crippen LogP contribution in [0.25, 0.3) is 0 Å². The van der Waals surface area contributed by atoms with Crippen molar-refractivity contribution in [1.29, 1.82) is 0 Å². The van der Waals surface area contributed by atoms with Gasteiger partial charge < -0.3 is 21.7 Å². The standard InChI is InChI=1S/2C6H5N3O5.Pb/c2*7-4-1-3(8(11)12)2-5(6(4)10)9(13)14;/h2*1-2,10H,7H2;/q;;+2/p-2. The molecule has 29 heavy (non-hydrogen) atoms. The van der Waals surface area contributed by atoms with E-state index in [4.69, 9.17) is 11.5 Å². The predicted molar refractivity (Wildman–Crippen MR) is 93.0 cm³/mol. The molecule has 0 bridgehead atoms. The van der Waals surface area contributed by atoms with E-state index in [0.29, 0.717) is 12.1 Å². The number of benzene rings is 2. The number of anilines is 2. The molecule has 2 aromatic rings. The van der Waals surface area contributed by atoms with Crippen molar-refractivity contribution in [2.75, 3.05) is 11.5 Å². The quantitative estimate of drug-likeness (QED) is 0.201. The summed E-state index contributed by atoms with van der Waals surface area (Å²) in [4.78, 5) is 37.3. The molecule has 0 heterocycles. The van der Waals surface area contributed by atoms with Crippen molar-refractivity contribution in [2.45, 2.75) is 0 Å². The first-order valence-corrected chi connectivity index (χ1v) is 6.65. The van der Waals surface area contributed by atoms with E-state index in [1.807, 2.05) is 0 Å². The summed E-state index contributed by atoms with van der Waals surface area (Å²) in [6.07, 6.45) is 0. The summed E-state index contributed by atoms with van der Waals surface area (Å²) in [6, 6.07) is 2.74. The van der Waals surface area contributed by atoms with E-state index in [9.17, 15) is 50.7 Å². The van der Waals surface area contributed by atoms with E-state index in [1.54, 1.807) is 0 Å². The van der Waals surface area contributed by atoms with Crippen LogP contribution in [-0.2, 0) is 0 Å². The molecule has 0 saturated heterocycles. The SMILES string of the molecule is Nc1cc([N+](=O)[O-])cc([N+](=O)[O-])c1[O-].Nc1cc([N+](=O)[O-])cc([N+](=O)[O-])c1[O-].[Pb+2]. The number of nitrogens with zero attached hydrogens (tertiary/aromatic N) is 4. The number of hydrogen-bond donors (Lipinski definition) is 2. The average Bonchev–Trinajstić information content (AvgIpc) is 2.59. The van der Waals surface area contributed by atoms with Gasteiger partial charge >= 0.3 is 27.3 Å². The molecule has 0 amide bonds. The van der Waals surface area contributed by atoms with Gasteiger partial charge in [-0.15, -0.1) is 0 Å². The molecular weight excluding hydrogens is 595 g/mol. The minimum Gasteiger partial charge on any atom is -0.866 e. The maximum absolute atomic E-state index is 11.0. The fraction of sp³-hybridized carbons (Fsp3) is 0. The summed E-state index contributed by atoms with van der Waals surface area (Å²) in [5.74, 6) is -2.03. The van der Waals surface area contributed by atoms with Gasteiger partial charge in [-0.3, -0.25) is 40.5 Å².